The van der Waals surface area contributed by atoms with Crippen LogP contribution in [0.5, 0.6) is 5.75 Å². The van der Waals surface area contributed by atoms with Gasteiger partial charge in [-0.1, -0.05) is 18.2 Å². The molecule has 1 saturated heterocycles. The zero-order valence-corrected chi connectivity index (χ0v) is 12.3. The molecule has 0 radical (unpaired) electrons. The van der Waals surface area contributed by atoms with E-state index < -0.39 is 5.97 Å². The second kappa shape index (κ2) is 7.55. The Kier molecular flexibility index (Phi) is 5.73. The molecule has 0 aromatic heterocycles. The fraction of sp³-hybridized carbons (Fsp3) is 0.533. The third-order valence-corrected chi connectivity index (χ3v) is 4.50. The first-order valence-electron chi connectivity index (χ1n) is 6.97. The lowest BCUT2D eigenvalue weighted by Crippen LogP contribution is -2.23. The highest BCUT2D eigenvalue weighted by Crippen LogP contribution is 2.29. The van der Waals surface area contributed by atoms with E-state index in [0.717, 1.165) is 35.7 Å². The zero-order chi connectivity index (χ0) is 14.4. The van der Waals surface area contributed by atoms with Crippen molar-refractivity contribution in [1.29, 1.82) is 0 Å². The number of carboxylic acids is 1. The second-order valence-corrected chi connectivity index (χ2v) is 6.23. The van der Waals surface area contributed by atoms with Crippen molar-refractivity contribution in [2.45, 2.75) is 37.8 Å². The van der Waals surface area contributed by atoms with Crippen molar-refractivity contribution in [3.8, 4) is 5.75 Å². The smallest absolute Gasteiger partial charge is 0.303 e. The molecule has 1 aliphatic rings. The number of ether oxygens (including phenoxy) is 1. The molecule has 0 amide bonds. The van der Waals surface area contributed by atoms with Crippen LogP contribution in [0.4, 0.5) is 0 Å². The zero-order valence-electron chi connectivity index (χ0n) is 11.5. The van der Waals surface area contributed by atoms with E-state index in [1.54, 1.807) is 0 Å². The highest BCUT2D eigenvalue weighted by atomic mass is 32.2. The molecule has 4 nitrogen and oxygen atoms in total. The number of benzene rings is 1. The quantitative estimate of drug-likeness (QED) is 0.844. The molecule has 1 aromatic rings. The summed E-state index contributed by atoms with van der Waals surface area (Å²) in [5, 5.41) is 8.75. The predicted octanol–water partition coefficient (Wildman–Crippen LogP) is 2.83. The van der Waals surface area contributed by atoms with Gasteiger partial charge in [-0.2, -0.15) is 11.8 Å². The number of hydrogen-bond acceptors (Lipinski definition) is 4. The van der Waals surface area contributed by atoms with Crippen LogP contribution in [0.15, 0.2) is 24.3 Å². The number of carboxylic acid groups (broad SMARTS) is 1. The number of aliphatic carboxylic acids is 1. The number of nitrogens with two attached hydrogens (primary N) is 1. The first kappa shape index (κ1) is 15.2. The van der Waals surface area contributed by atoms with Crippen molar-refractivity contribution >= 4 is 17.7 Å². The van der Waals surface area contributed by atoms with Gasteiger partial charge in [-0.15, -0.1) is 0 Å². The molecular weight excluding hydrogens is 274 g/mol. The minimum Gasteiger partial charge on any atom is -0.490 e. The van der Waals surface area contributed by atoms with Gasteiger partial charge in [0.1, 0.15) is 11.9 Å². The average Bonchev–Trinajstić information content (AvgIpc) is 2.46. The van der Waals surface area contributed by atoms with E-state index in [-0.39, 0.29) is 18.6 Å². The maximum Gasteiger partial charge on any atom is 0.303 e. The summed E-state index contributed by atoms with van der Waals surface area (Å²) >= 11 is 1.96. The third kappa shape index (κ3) is 4.42. The number of rotatable bonds is 6. The maximum atomic E-state index is 10.6. The molecule has 1 aliphatic heterocycles. The van der Waals surface area contributed by atoms with E-state index in [9.17, 15) is 4.79 Å². The van der Waals surface area contributed by atoms with Crippen LogP contribution in [0.2, 0.25) is 0 Å². The second-order valence-electron chi connectivity index (χ2n) is 5.01. The van der Waals surface area contributed by atoms with Crippen molar-refractivity contribution in [3.05, 3.63) is 29.8 Å². The lowest BCUT2D eigenvalue weighted by Gasteiger charge is -2.25. The Hall–Kier alpha value is -1.20. The summed E-state index contributed by atoms with van der Waals surface area (Å²) in [5.41, 5.74) is 7.01. The Morgan fingerprint density at radius 2 is 2.10 bits per heavy atom. The van der Waals surface area contributed by atoms with Crippen LogP contribution in [-0.4, -0.2) is 28.7 Å². The number of hydrogen-bond donors (Lipinski definition) is 2. The van der Waals surface area contributed by atoms with Gasteiger partial charge in [-0.05, 0) is 36.8 Å². The Morgan fingerprint density at radius 1 is 1.40 bits per heavy atom. The largest absolute Gasteiger partial charge is 0.490 e. The van der Waals surface area contributed by atoms with Crippen LogP contribution in [-0.2, 0) is 4.79 Å². The Labute approximate surface area is 123 Å². The van der Waals surface area contributed by atoms with Crippen LogP contribution in [0.1, 0.15) is 37.3 Å². The van der Waals surface area contributed by atoms with Gasteiger partial charge in [0, 0.05) is 18.0 Å². The number of thioether (sulfide) groups is 1. The minimum absolute atomic E-state index is 0.0789. The summed E-state index contributed by atoms with van der Waals surface area (Å²) in [6.45, 7) is 0. The van der Waals surface area contributed by atoms with Gasteiger partial charge in [0.2, 0.25) is 0 Å². The predicted molar refractivity (Wildman–Crippen MR) is 81.2 cm³/mol. The highest BCUT2D eigenvalue weighted by Gasteiger charge is 2.19. The molecule has 20 heavy (non-hydrogen) atoms. The normalized spacial score (nSPS) is 17.6. The molecule has 110 valence electrons. The van der Waals surface area contributed by atoms with Crippen molar-refractivity contribution < 1.29 is 14.6 Å². The lowest BCUT2D eigenvalue weighted by molar-refractivity contribution is -0.137. The Morgan fingerprint density at radius 3 is 2.80 bits per heavy atom. The summed E-state index contributed by atoms with van der Waals surface area (Å²) in [6, 6.07) is 7.41. The van der Waals surface area contributed by atoms with Gasteiger partial charge in [0.25, 0.3) is 0 Å². The molecule has 0 spiro atoms. The maximum absolute atomic E-state index is 10.6. The summed E-state index contributed by atoms with van der Waals surface area (Å²) in [4.78, 5) is 10.6. The molecule has 0 aliphatic carbocycles. The average molecular weight is 295 g/mol. The molecule has 1 atom stereocenters. The molecule has 1 unspecified atom stereocenters. The van der Waals surface area contributed by atoms with Gasteiger partial charge in [0.05, 0.1) is 0 Å². The van der Waals surface area contributed by atoms with Crippen molar-refractivity contribution in [1.82, 2.24) is 0 Å². The van der Waals surface area contributed by atoms with Gasteiger partial charge >= 0.3 is 5.97 Å². The summed E-state index contributed by atoms with van der Waals surface area (Å²) in [5.74, 6) is 2.26. The lowest BCUT2D eigenvalue weighted by atomic mass is 10.0. The van der Waals surface area contributed by atoms with Gasteiger partial charge in [0.15, 0.2) is 0 Å². The van der Waals surface area contributed by atoms with Crippen LogP contribution in [0.25, 0.3) is 0 Å². The molecule has 2 rings (SSSR count). The standard InChI is InChI=1S/C15H21NO3S/c16-13(5-6-15(17)18)12-3-1-2-4-14(12)19-11-7-9-20-10-8-11/h1-4,11,13H,5-10,16H2,(H,17,18). The topological polar surface area (TPSA) is 72.6 Å². The Balaban J connectivity index is 2.02. The fourth-order valence-corrected chi connectivity index (χ4v) is 3.37. The molecule has 0 bridgehead atoms. The van der Waals surface area contributed by atoms with E-state index in [4.69, 9.17) is 15.6 Å². The van der Waals surface area contributed by atoms with Crippen molar-refractivity contribution in [2.24, 2.45) is 5.73 Å². The van der Waals surface area contributed by atoms with E-state index in [0.29, 0.717) is 6.42 Å². The third-order valence-electron chi connectivity index (χ3n) is 3.45. The van der Waals surface area contributed by atoms with Crippen LogP contribution >= 0.6 is 11.8 Å². The monoisotopic (exact) mass is 295 g/mol. The first-order chi connectivity index (χ1) is 9.66. The van der Waals surface area contributed by atoms with E-state index >= 15 is 0 Å². The minimum atomic E-state index is -0.817. The summed E-state index contributed by atoms with van der Waals surface area (Å²) in [7, 11) is 0. The fourth-order valence-electron chi connectivity index (χ4n) is 2.30. The van der Waals surface area contributed by atoms with E-state index in [1.165, 1.54) is 0 Å². The molecular formula is C15H21NO3S. The summed E-state index contributed by atoms with van der Waals surface area (Å²) < 4.78 is 6.07. The molecule has 1 heterocycles. The molecule has 0 saturated carbocycles. The van der Waals surface area contributed by atoms with Crippen molar-refractivity contribution in [2.75, 3.05) is 11.5 Å². The van der Waals surface area contributed by atoms with Gasteiger partial charge < -0.3 is 15.6 Å². The summed E-state index contributed by atoms with van der Waals surface area (Å²) in [6.07, 6.45) is 2.88. The highest BCUT2D eigenvalue weighted by molar-refractivity contribution is 7.99. The van der Waals surface area contributed by atoms with E-state index in [1.807, 2.05) is 36.0 Å². The molecule has 3 N–H and O–H groups in total. The SMILES string of the molecule is NC(CCC(=O)O)c1ccccc1OC1CCSCC1. The first-order valence-corrected chi connectivity index (χ1v) is 8.13. The van der Waals surface area contributed by atoms with Crippen LogP contribution in [0, 0.1) is 0 Å². The Bertz CT molecular complexity index is 446. The molecule has 1 aromatic carbocycles. The van der Waals surface area contributed by atoms with Crippen LogP contribution < -0.4 is 10.5 Å². The molecule has 1 fully saturated rings. The molecule has 5 heteroatoms. The number of carbonyl (C=O) groups is 1. The van der Waals surface area contributed by atoms with E-state index in [2.05, 4.69) is 0 Å². The van der Waals surface area contributed by atoms with Gasteiger partial charge in [-0.25, -0.2) is 0 Å². The van der Waals surface area contributed by atoms with Crippen LogP contribution in [0.3, 0.4) is 0 Å². The van der Waals surface area contributed by atoms with Gasteiger partial charge in [-0.3, -0.25) is 4.79 Å². The number of para-hydroxylation sites is 1. The van der Waals surface area contributed by atoms with Crippen molar-refractivity contribution in [3.63, 3.8) is 0 Å².